The first kappa shape index (κ1) is 15.4. The van der Waals surface area contributed by atoms with Crippen LogP contribution in [0.2, 0.25) is 0 Å². The van der Waals surface area contributed by atoms with Gasteiger partial charge in [0, 0.05) is 11.9 Å². The fraction of sp³-hybridized carbons (Fsp3) is 0.462. The predicted octanol–water partition coefficient (Wildman–Crippen LogP) is 3.97. The lowest BCUT2D eigenvalue weighted by molar-refractivity contribution is 0.0923. The second-order valence-corrected chi connectivity index (χ2v) is 5.57. The molecule has 0 aliphatic heterocycles. The molecule has 1 aromatic rings. The average molecular weight is 337 g/mol. The second kappa shape index (κ2) is 7.10. The van der Waals surface area contributed by atoms with Gasteiger partial charge in [-0.3, -0.25) is 4.79 Å². The van der Waals surface area contributed by atoms with Gasteiger partial charge in [-0.25, -0.2) is 4.39 Å². The molecule has 18 heavy (non-hydrogen) atoms. The zero-order valence-corrected chi connectivity index (χ0v) is 12.7. The van der Waals surface area contributed by atoms with E-state index in [-0.39, 0.29) is 22.3 Å². The van der Waals surface area contributed by atoms with Crippen LogP contribution in [-0.4, -0.2) is 17.8 Å². The Kier molecular flexibility index (Phi) is 6.09. The number of amides is 1. The zero-order valence-electron chi connectivity index (χ0n) is 10.3. The van der Waals surface area contributed by atoms with Gasteiger partial charge in [-0.15, -0.1) is 11.6 Å². The van der Waals surface area contributed by atoms with Crippen molar-refractivity contribution in [2.75, 3.05) is 5.88 Å². The number of carbonyl (C=O) groups is 1. The molecule has 0 aromatic heterocycles. The highest BCUT2D eigenvalue weighted by molar-refractivity contribution is 9.10. The number of halogens is 3. The molecular formula is C13H16BrClFNO. The van der Waals surface area contributed by atoms with E-state index in [2.05, 4.69) is 21.2 Å². The second-order valence-electron chi connectivity index (χ2n) is 4.40. The molecule has 0 heterocycles. The van der Waals surface area contributed by atoms with E-state index in [1.807, 2.05) is 13.8 Å². The Balaban J connectivity index is 2.84. The maximum atomic E-state index is 13.3. The van der Waals surface area contributed by atoms with Crippen molar-refractivity contribution in [3.05, 3.63) is 34.1 Å². The first-order valence-corrected chi connectivity index (χ1v) is 7.11. The highest BCUT2D eigenvalue weighted by atomic mass is 79.9. The summed E-state index contributed by atoms with van der Waals surface area (Å²) in [5, 5.41) is 2.88. The summed E-state index contributed by atoms with van der Waals surface area (Å²) >= 11 is 8.79. The first-order valence-electron chi connectivity index (χ1n) is 5.78. The molecule has 0 aliphatic carbocycles. The van der Waals surface area contributed by atoms with E-state index in [9.17, 15) is 9.18 Å². The van der Waals surface area contributed by atoms with E-state index in [0.29, 0.717) is 17.9 Å². The minimum atomic E-state index is -0.443. The highest BCUT2D eigenvalue weighted by Gasteiger charge is 2.19. The van der Waals surface area contributed by atoms with Crippen molar-refractivity contribution in [1.82, 2.24) is 5.32 Å². The fourth-order valence-corrected chi connectivity index (χ4v) is 2.29. The van der Waals surface area contributed by atoms with Crippen molar-refractivity contribution in [2.24, 2.45) is 5.92 Å². The number of rotatable bonds is 5. The minimum absolute atomic E-state index is 0.00910. The quantitative estimate of drug-likeness (QED) is 0.810. The minimum Gasteiger partial charge on any atom is -0.349 e. The predicted molar refractivity (Wildman–Crippen MR) is 75.5 cm³/mol. The summed E-state index contributed by atoms with van der Waals surface area (Å²) in [6.45, 7) is 4.02. The van der Waals surface area contributed by atoms with E-state index in [1.165, 1.54) is 12.1 Å². The highest BCUT2D eigenvalue weighted by Crippen LogP contribution is 2.21. The van der Waals surface area contributed by atoms with Crippen molar-refractivity contribution in [3.8, 4) is 0 Å². The van der Waals surface area contributed by atoms with Crippen LogP contribution in [-0.2, 0) is 0 Å². The topological polar surface area (TPSA) is 29.1 Å². The van der Waals surface area contributed by atoms with Gasteiger partial charge in [-0.2, -0.15) is 0 Å². The molecule has 0 saturated heterocycles. The third kappa shape index (κ3) is 3.95. The SMILES string of the molecule is CC(C)C(CCCl)NC(=O)c1cccc(F)c1Br. The standard InChI is InChI=1S/C13H16BrClFNO/c1-8(2)11(6-7-15)17-13(18)9-4-3-5-10(16)12(9)14/h3-5,8,11H,6-7H2,1-2H3,(H,17,18). The van der Waals surface area contributed by atoms with Crippen molar-refractivity contribution >= 4 is 33.4 Å². The lowest BCUT2D eigenvalue weighted by Crippen LogP contribution is -2.39. The maximum Gasteiger partial charge on any atom is 0.252 e. The smallest absolute Gasteiger partial charge is 0.252 e. The van der Waals surface area contributed by atoms with Crippen LogP contribution in [0.1, 0.15) is 30.6 Å². The molecule has 1 N–H and O–H groups in total. The molecule has 0 fully saturated rings. The number of hydrogen-bond acceptors (Lipinski definition) is 1. The van der Waals surface area contributed by atoms with Crippen LogP contribution in [0.5, 0.6) is 0 Å². The van der Waals surface area contributed by atoms with Gasteiger partial charge < -0.3 is 5.32 Å². The molecule has 2 nitrogen and oxygen atoms in total. The van der Waals surface area contributed by atoms with Gasteiger partial charge >= 0.3 is 0 Å². The Bertz CT molecular complexity index is 425. The third-order valence-electron chi connectivity index (χ3n) is 2.74. The van der Waals surface area contributed by atoms with Gasteiger partial charge in [0.15, 0.2) is 0 Å². The summed E-state index contributed by atoms with van der Waals surface area (Å²) in [5.41, 5.74) is 0.301. The largest absolute Gasteiger partial charge is 0.349 e. The number of alkyl halides is 1. The van der Waals surface area contributed by atoms with E-state index < -0.39 is 5.82 Å². The van der Waals surface area contributed by atoms with Crippen molar-refractivity contribution in [2.45, 2.75) is 26.3 Å². The van der Waals surface area contributed by atoms with Gasteiger partial charge in [-0.1, -0.05) is 19.9 Å². The molecule has 1 atom stereocenters. The average Bonchev–Trinajstić information content (AvgIpc) is 2.31. The molecule has 1 aromatic carbocycles. The van der Waals surface area contributed by atoms with Gasteiger partial charge in [-0.05, 0) is 40.4 Å². The maximum absolute atomic E-state index is 13.3. The summed E-state index contributed by atoms with van der Waals surface area (Å²) in [7, 11) is 0. The van der Waals surface area contributed by atoms with Crippen LogP contribution in [0, 0.1) is 11.7 Å². The molecule has 1 rings (SSSR count). The third-order valence-corrected chi connectivity index (χ3v) is 3.76. The number of nitrogens with one attached hydrogen (secondary N) is 1. The number of carbonyl (C=O) groups excluding carboxylic acids is 1. The van der Waals surface area contributed by atoms with Crippen LogP contribution in [0.25, 0.3) is 0 Å². The van der Waals surface area contributed by atoms with E-state index in [4.69, 9.17) is 11.6 Å². The van der Waals surface area contributed by atoms with Crippen molar-refractivity contribution in [3.63, 3.8) is 0 Å². The Morgan fingerprint density at radius 2 is 2.17 bits per heavy atom. The van der Waals surface area contributed by atoms with Gasteiger partial charge in [0.05, 0.1) is 10.0 Å². The molecule has 0 saturated carbocycles. The fourth-order valence-electron chi connectivity index (χ4n) is 1.62. The Hall–Kier alpha value is -0.610. The zero-order chi connectivity index (χ0) is 13.7. The molecule has 0 spiro atoms. The van der Waals surface area contributed by atoms with E-state index >= 15 is 0 Å². The van der Waals surface area contributed by atoms with Gasteiger partial charge in [0.1, 0.15) is 5.82 Å². The molecular weight excluding hydrogens is 321 g/mol. The first-order chi connectivity index (χ1) is 8.47. The molecule has 5 heteroatoms. The summed E-state index contributed by atoms with van der Waals surface area (Å²) in [4.78, 5) is 12.1. The summed E-state index contributed by atoms with van der Waals surface area (Å²) in [6.07, 6.45) is 0.692. The number of hydrogen-bond donors (Lipinski definition) is 1. The lowest BCUT2D eigenvalue weighted by atomic mass is 10.0. The molecule has 0 radical (unpaired) electrons. The molecule has 1 amide bonds. The van der Waals surface area contributed by atoms with Crippen molar-refractivity contribution in [1.29, 1.82) is 0 Å². The van der Waals surface area contributed by atoms with Crippen LogP contribution in [0.3, 0.4) is 0 Å². The Labute approximate surface area is 120 Å². The molecule has 100 valence electrons. The summed E-state index contributed by atoms with van der Waals surface area (Å²) in [5.74, 6) is 0.0271. The molecule has 0 aliphatic rings. The number of benzene rings is 1. The summed E-state index contributed by atoms with van der Waals surface area (Å²) in [6, 6.07) is 4.39. The normalized spacial score (nSPS) is 12.6. The van der Waals surface area contributed by atoms with Crippen molar-refractivity contribution < 1.29 is 9.18 Å². The van der Waals surface area contributed by atoms with E-state index in [1.54, 1.807) is 6.07 Å². The Morgan fingerprint density at radius 1 is 1.50 bits per heavy atom. The van der Waals surface area contributed by atoms with E-state index in [0.717, 1.165) is 0 Å². The van der Waals surface area contributed by atoms with Crippen LogP contribution < -0.4 is 5.32 Å². The lowest BCUT2D eigenvalue weighted by Gasteiger charge is -2.21. The molecule has 0 bridgehead atoms. The summed E-state index contributed by atoms with van der Waals surface area (Å²) < 4.78 is 13.5. The van der Waals surface area contributed by atoms with Crippen LogP contribution >= 0.6 is 27.5 Å². The monoisotopic (exact) mass is 335 g/mol. The van der Waals surface area contributed by atoms with Gasteiger partial charge in [0.2, 0.25) is 0 Å². The molecule has 1 unspecified atom stereocenters. The van der Waals surface area contributed by atoms with Crippen LogP contribution in [0.15, 0.2) is 22.7 Å². The Morgan fingerprint density at radius 3 is 2.72 bits per heavy atom. The van der Waals surface area contributed by atoms with Gasteiger partial charge in [0.25, 0.3) is 5.91 Å². The van der Waals surface area contributed by atoms with Crippen LogP contribution in [0.4, 0.5) is 4.39 Å².